The second kappa shape index (κ2) is 10.1. The summed E-state index contributed by atoms with van der Waals surface area (Å²) in [6.45, 7) is 3.90. The Bertz CT molecular complexity index is 1600. The van der Waals surface area contributed by atoms with Gasteiger partial charge >= 0.3 is 0 Å². The Morgan fingerprint density at radius 1 is 0.795 bits per heavy atom. The maximum atomic E-state index is 14.0. The van der Waals surface area contributed by atoms with Crippen molar-refractivity contribution in [3.8, 4) is 11.5 Å². The van der Waals surface area contributed by atoms with Crippen LogP contribution < -0.4 is 13.8 Å². The monoisotopic (exact) mass is 572 g/mol. The van der Waals surface area contributed by atoms with Gasteiger partial charge in [-0.1, -0.05) is 35.4 Å². The van der Waals surface area contributed by atoms with Gasteiger partial charge in [0.25, 0.3) is 10.0 Å². The Balaban J connectivity index is 1.75. The van der Waals surface area contributed by atoms with Crippen molar-refractivity contribution in [1.82, 2.24) is 4.31 Å². The van der Waals surface area contributed by atoms with E-state index in [0.29, 0.717) is 16.9 Å². The van der Waals surface area contributed by atoms with Crippen molar-refractivity contribution in [2.45, 2.75) is 42.2 Å². The summed E-state index contributed by atoms with van der Waals surface area (Å²) in [6.07, 6.45) is -0.403. The van der Waals surface area contributed by atoms with Gasteiger partial charge in [-0.05, 0) is 56.2 Å². The van der Waals surface area contributed by atoms with Gasteiger partial charge in [-0.15, -0.1) is 0 Å². The first-order chi connectivity index (χ1) is 18.5. The second-order valence-corrected chi connectivity index (χ2v) is 13.5. The lowest BCUT2D eigenvalue weighted by atomic mass is 9.86. The van der Waals surface area contributed by atoms with Crippen molar-refractivity contribution in [3.05, 3.63) is 76.9 Å². The predicted octanol–water partition coefficient (Wildman–Crippen LogP) is 4.35. The molecule has 2 heterocycles. The minimum Gasteiger partial charge on any atom is -0.493 e. The van der Waals surface area contributed by atoms with Crippen molar-refractivity contribution in [2.75, 3.05) is 38.7 Å². The van der Waals surface area contributed by atoms with E-state index in [-0.39, 0.29) is 40.7 Å². The van der Waals surface area contributed by atoms with Gasteiger partial charge in [0.15, 0.2) is 11.5 Å². The van der Waals surface area contributed by atoms with E-state index in [9.17, 15) is 16.8 Å². The molecule has 0 radical (unpaired) electrons. The van der Waals surface area contributed by atoms with Gasteiger partial charge in [0.05, 0.1) is 36.2 Å². The normalized spacial score (nSPS) is 19.5. The van der Waals surface area contributed by atoms with Crippen molar-refractivity contribution >= 4 is 25.7 Å². The average Bonchev–Trinajstić information content (AvgIpc) is 2.93. The third-order valence-corrected chi connectivity index (χ3v) is 11.2. The molecule has 2 aliphatic rings. The number of rotatable bonds is 7. The summed E-state index contributed by atoms with van der Waals surface area (Å²) in [7, 11) is -3.53. The standard InChI is InChI=1S/C28H32N2O7S2/c1-18-6-10-20(11-7-18)38(31,32)29-15-14-23-26-22(16-24(35-3)28(37-5)27(26)29)25(36-4)17-30(23)39(33,34)21-12-8-19(2)9-13-21/h6-13,16,23,25H,14-15,17H2,1-5H3/t23-,25-/m1/s1. The Labute approximate surface area is 230 Å². The lowest BCUT2D eigenvalue weighted by Gasteiger charge is -2.46. The zero-order chi connectivity index (χ0) is 28.1. The van der Waals surface area contributed by atoms with Crippen LogP contribution in [0.25, 0.3) is 0 Å². The van der Waals surface area contributed by atoms with E-state index < -0.39 is 32.2 Å². The minimum absolute atomic E-state index is 0.0500. The lowest BCUT2D eigenvalue weighted by molar-refractivity contribution is 0.0609. The number of aryl methyl sites for hydroxylation is 2. The molecule has 3 aromatic carbocycles. The van der Waals surface area contributed by atoms with Crippen molar-refractivity contribution in [3.63, 3.8) is 0 Å². The zero-order valence-corrected chi connectivity index (χ0v) is 24.2. The Hall–Kier alpha value is -3.12. The predicted molar refractivity (Wildman–Crippen MR) is 147 cm³/mol. The summed E-state index contributed by atoms with van der Waals surface area (Å²) in [5.41, 5.74) is 3.37. The highest BCUT2D eigenvalue weighted by atomic mass is 32.2. The summed E-state index contributed by atoms with van der Waals surface area (Å²) < 4.78 is 75.8. The Morgan fingerprint density at radius 2 is 1.36 bits per heavy atom. The van der Waals surface area contributed by atoms with E-state index >= 15 is 0 Å². The van der Waals surface area contributed by atoms with Gasteiger partial charge in [-0.25, -0.2) is 16.8 Å². The molecule has 2 aliphatic heterocycles. The number of benzene rings is 3. The molecule has 0 aliphatic carbocycles. The summed E-state index contributed by atoms with van der Waals surface area (Å²) in [5.74, 6) is 0.564. The van der Waals surface area contributed by atoms with E-state index in [1.54, 1.807) is 54.6 Å². The van der Waals surface area contributed by atoms with Gasteiger partial charge in [0, 0.05) is 25.8 Å². The van der Waals surface area contributed by atoms with E-state index in [2.05, 4.69) is 0 Å². The summed E-state index contributed by atoms with van der Waals surface area (Å²) in [4.78, 5) is 0.302. The van der Waals surface area contributed by atoms with Crippen LogP contribution in [0.1, 0.15) is 40.8 Å². The van der Waals surface area contributed by atoms with Crippen LogP contribution in [0.2, 0.25) is 0 Å². The zero-order valence-electron chi connectivity index (χ0n) is 22.5. The van der Waals surface area contributed by atoms with E-state index in [0.717, 1.165) is 11.1 Å². The molecule has 3 aromatic rings. The number of hydrogen-bond acceptors (Lipinski definition) is 7. The maximum absolute atomic E-state index is 14.0. The third kappa shape index (κ3) is 4.47. The highest BCUT2D eigenvalue weighted by molar-refractivity contribution is 7.92. The average molecular weight is 573 g/mol. The minimum atomic E-state index is -4.02. The van der Waals surface area contributed by atoms with Crippen LogP contribution in [0.4, 0.5) is 5.69 Å². The molecule has 0 saturated heterocycles. The quantitative estimate of drug-likeness (QED) is 0.415. The van der Waals surface area contributed by atoms with Crippen molar-refractivity contribution in [1.29, 1.82) is 0 Å². The van der Waals surface area contributed by atoms with Gasteiger partial charge in [0.1, 0.15) is 5.69 Å². The fourth-order valence-electron chi connectivity index (χ4n) is 5.44. The van der Waals surface area contributed by atoms with Crippen LogP contribution in [0.3, 0.4) is 0 Å². The molecule has 0 bridgehead atoms. The second-order valence-electron chi connectivity index (χ2n) is 9.77. The summed E-state index contributed by atoms with van der Waals surface area (Å²) in [6, 6.07) is 14.5. The molecule has 0 aromatic heterocycles. The van der Waals surface area contributed by atoms with Crippen LogP contribution in [0, 0.1) is 13.8 Å². The number of nitrogens with zero attached hydrogens (tertiary/aromatic N) is 2. The molecule has 0 saturated carbocycles. The number of methoxy groups -OCH3 is 3. The molecule has 0 spiro atoms. The molecule has 2 atom stereocenters. The van der Waals surface area contributed by atoms with Gasteiger partial charge in [0.2, 0.25) is 10.0 Å². The molecular weight excluding hydrogens is 540 g/mol. The van der Waals surface area contributed by atoms with E-state index in [4.69, 9.17) is 14.2 Å². The molecule has 9 nitrogen and oxygen atoms in total. The molecule has 0 fully saturated rings. The van der Waals surface area contributed by atoms with Gasteiger partial charge in [-0.3, -0.25) is 4.31 Å². The highest BCUT2D eigenvalue weighted by Gasteiger charge is 2.48. The Morgan fingerprint density at radius 3 is 1.87 bits per heavy atom. The van der Waals surface area contributed by atoms with Gasteiger partial charge in [-0.2, -0.15) is 4.31 Å². The molecule has 0 amide bonds. The Kier molecular flexibility index (Phi) is 7.13. The van der Waals surface area contributed by atoms with Crippen LogP contribution in [0.5, 0.6) is 11.5 Å². The van der Waals surface area contributed by atoms with E-state index in [1.807, 2.05) is 13.8 Å². The first-order valence-electron chi connectivity index (χ1n) is 12.5. The van der Waals surface area contributed by atoms with Crippen LogP contribution in [-0.4, -0.2) is 55.6 Å². The maximum Gasteiger partial charge on any atom is 0.264 e. The molecule has 0 N–H and O–H groups in total. The van der Waals surface area contributed by atoms with Gasteiger partial charge < -0.3 is 14.2 Å². The number of anilines is 1. The lowest BCUT2D eigenvalue weighted by Crippen LogP contribution is -2.48. The SMILES string of the molecule is COc1cc2c3c(c1OC)N(S(=O)(=O)c1ccc(C)cc1)CC[C@H]3N(S(=O)(=O)c1ccc(C)cc1)C[C@H]2OC. The number of ether oxygens (including phenoxy) is 3. The molecule has 0 unspecified atom stereocenters. The summed E-state index contributed by atoms with van der Waals surface area (Å²) >= 11 is 0. The molecular formula is C28H32N2O7S2. The van der Waals surface area contributed by atoms with E-state index in [1.165, 1.54) is 29.9 Å². The fourth-order valence-corrected chi connectivity index (χ4v) is 8.57. The topological polar surface area (TPSA) is 102 Å². The summed E-state index contributed by atoms with van der Waals surface area (Å²) in [5, 5.41) is 0. The first-order valence-corrected chi connectivity index (χ1v) is 15.4. The largest absolute Gasteiger partial charge is 0.493 e. The van der Waals surface area contributed by atoms with Crippen molar-refractivity contribution in [2.24, 2.45) is 0 Å². The van der Waals surface area contributed by atoms with Crippen LogP contribution >= 0.6 is 0 Å². The fraction of sp³-hybridized carbons (Fsp3) is 0.357. The number of hydrogen-bond donors (Lipinski definition) is 0. The molecule has 5 rings (SSSR count). The van der Waals surface area contributed by atoms with Crippen molar-refractivity contribution < 1.29 is 31.0 Å². The molecule has 11 heteroatoms. The first kappa shape index (κ1) is 27.4. The smallest absolute Gasteiger partial charge is 0.264 e. The van der Waals surface area contributed by atoms with Crippen LogP contribution in [-0.2, 0) is 24.8 Å². The van der Waals surface area contributed by atoms with Crippen LogP contribution in [0.15, 0.2) is 64.4 Å². The molecule has 39 heavy (non-hydrogen) atoms. The third-order valence-electron chi connectivity index (χ3n) is 7.47. The highest BCUT2D eigenvalue weighted by Crippen LogP contribution is 2.55. The number of sulfonamides is 2. The molecule has 208 valence electrons.